The van der Waals surface area contributed by atoms with Gasteiger partial charge in [-0.2, -0.15) is 0 Å². The molecule has 0 aliphatic heterocycles. The number of hydrogen-bond acceptors (Lipinski definition) is 4. The monoisotopic (exact) mass is 332 g/mol. The van der Waals surface area contributed by atoms with E-state index in [1.807, 2.05) is 18.2 Å². The van der Waals surface area contributed by atoms with Crippen molar-refractivity contribution in [1.29, 1.82) is 0 Å². The van der Waals surface area contributed by atoms with E-state index in [0.717, 1.165) is 22.2 Å². The molecule has 0 aromatic heterocycles. The van der Waals surface area contributed by atoms with Crippen LogP contribution in [0.3, 0.4) is 0 Å². The summed E-state index contributed by atoms with van der Waals surface area (Å²) < 4.78 is 22.1. The first-order valence-corrected chi connectivity index (χ1v) is 7.04. The maximum atomic E-state index is 5.61. The Morgan fingerprint density at radius 3 is 2.53 bits per heavy atom. The summed E-state index contributed by atoms with van der Waals surface area (Å²) in [6.07, 6.45) is 0.880. The van der Waals surface area contributed by atoms with Gasteiger partial charge in [0, 0.05) is 24.8 Å². The van der Waals surface area contributed by atoms with Crippen LogP contribution in [0.5, 0.6) is 5.75 Å². The van der Waals surface area contributed by atoms with E-state index in [4.69, 9.17) is 18.9 Å². The van der Waals surface area contributed by atoms with E-state index < -0.39 is 0 Å². The van der Waals surface area contributed by atoms with Gasteiger partial charge in [0.15, 0.2) is 0 Å². The fraction of sp³-hybridized carbons (Fsp3) is 0.571. The second-order valence-corrected chi connectivity index (χ2v) is 4.82. The molecule has 0 atom stereocenters. The molecule has 0 radical (unpaired) electrons. The van der Waals surface area contributed by atoms with Crippen LogP contribution < -0.4 is 4.74 Å². The van der Waals surface area contributed by atoms with Gasteiger partial charge in [0.05, 0.1) is 26.9 Å². The first kappa shape index (κ1) is 16.4. The molecule has 1 rings (SSSR count). The van der Waals surface area contributed by atoms with Crippen LogP contribution in [0.4, 0.5) is 0 Å². The van der Waals surface area contributed by atoms with Crippen LogP contribution in [0.25, 0.3) is 0 Å². The molecular formula is C14H21BrO4. The van der Waals surface area contributed by atoms with Gasteiger partial charge in [-0.25, -0.2) is 0 Å². The fourth-order valence-corrected chi connectivity index (χ4v) is 1.84. The van der Waals surface area contributed by atoms with Gasteiger partial charge in [-0.1, -0.05) is 15.9 Å². The lowest BCUT2D eigenvalue weighted by atomic mass is 10.2. The molecule has 108 valence electrons. The highest BCUT2D eigenvalue weighted by Gasteiger charge is 2.02. The molecule has 0 saturated carbocycles. The SMILES string of the molecule is COCCOCCCOCc1cc(OC)ccc1Br. The predicted octanol–water partition coefficient (Wildman–Crippen LogP) is 3.03. The Morgan fingerprint density at radius 2 is 1.79 bits per heavy atom. The Morgan fingerprint density at radius 1 is 1.00 bits per heavy atom. The van der Waals surface area contributed by atoms with E-state index in [0.29, 0.717) is 33.0 Å². The van der Waals surface area contributed by atoms with Crippen molar-refractivity contribution in [2.24, 2.45) is 0 Å². The Bertz CT molecular complexity index is 357. The normalized spacial score (nSPS) is 10.7. The molecule has 4 nitrogen and oxygen atoms in total. The van der Waals surface area contributed by atoms with Gasteiger partial charge < -0.3 is 18.9 Å². The third-order valence-corrected chi connectivity index (χ3v) is 3.29. The van der Waals surface area contributed by atoms with E-state index in [9.17, 15) is 0 Å². The zero-order valence-electron chi connectivity index (χ0n) is 11.5. The molecule has 5 heteroatoms. The number of ether oxygens (including phenoxy) is 4. The Hall–Kier alpha value is -0.620. The van der Waals surface area contributed by atoms with Crippen LogP contribution in [0, 0.1) is 0 Å². The highest BCUT2D eigenvalue weighted by atomic mass is 79.9. The molecule has 0 aliphatic rings. The summed E-state index contributed by atoms with van der Waals surface area (Å²) >= 11 is 3.50. The van der Waals surface area contributed by atoms with Crippen molar-refractivity contribution in [2.45, 2.75) is 13.0 Å². The van der Waals surface area contributed by atoms with E-state index in [-0.39, 0.29) is 0 Å². The van der Waals surface area contributed by atoms with Gasteiger partial charge in [0.2, 0.25) is 0 Å². The molecular weight excluding hydrogens is 312 g/mol. The Labute approximate surface area is 123 Å². The second-order valence-electron chi connectivity index (χ2n) is 3.97. The lowest BCUT2D eigenvalue weighted by Gasteiger charge is -2.08. The molecule has 0 bridgehead atoms. The van der Waals surface area contributed by atoms with Crippen molar-refractivity contribution in [3.8, 4) is 5.75 Å². The maximum Gasteiger partial charge on any atom is 0.119 e. The first-order valence-electron chi connectivity index (χ1n) is 6.24. The summed E-state index contributed by atoms with van der Waals surface area (Å²) in [6, 6.07) is 5.85. The minimum absolute atomic E-state index is 0.565. The molecule has 0 unspecified atom stereocenters. The van der Waals surface area contributed by atoms with Crippen molar-refractivity contribution in [3.05, 3.63) is 28.2 Å². The van der Waals surface area contributed by atoms with Crippen LogP contribution in [0.1, 0.15) is 12.0 Å². The molecule has 19 heavy (non-hydrogen) atoms. The summed E-state index contributed by atoms with van der Waals surface area (Å²) in [4.78, 5) is 0. The van der Waals surface area contributed by atoms with Crippen molar-refractivity contribution < 1.29 is 18.9 Å². The van der Waals surface area contributed by atoms with E-state index in [1.54, 1.807) is 14.2 Å². The fourth-order valence-electron chi connectivity index (χ4n) is 1.48. The zero-order valence-corrected chi connectivity index (χ0v) is 13.1. The summed E-state index contributed by atoms with van der Waals surface area (Å²) in [7, 11) is 3.32. The lowest BCUT2D eigenvalue weighted by molar-refractivity contribution is 0.0482. The number of benzene rings is 1. The zero-order chi connectivity index (χ0) is 13.9. The van der Waals surface area contributed by atoms with Gasteiger partial charge in [0.1, 0.15) is 5.75 Å². The Kier molecular flexibility index (Phi) is 8.82. The van der Waals surface area contributed by atoms with Gasteiger partial charge >= 0.3 is 0 Å². The molecule has 0 aliphatic carbocycles. The highest BCUT2D eigenvalue weighted by molar-refractivity contribution is 9.10. The maximum absolute atomic E-state index is 5.61. The van der Waals surface area contributed by atoms with Gasteiger partial charge in [-0.05, 0) is 30.2 Å². The smallest absolute Gasteiger partial charge is 0.119 e. The van der Waals surface area contributed by atoms with Crippen LogP contribution >= 0.6 is 15.9 Å². The third kappa shape index (κ3) is 6.92. The topological polar surface area (TPSA) is 36.9 Å². The van der Waals surface area contributed by atoms with E-state index in [2.05, 4.69) is 15.9 Å². The molecule has 0 fully saturated rings. The van der Waals surface area contributed by atoms with Gasteiger partial charge in [0.25, 0.3) is 0 Å². The van der Waals surface area contributed by atoms with Crippen molar-refractivity contribution in [3.63, 3.8) is 0 Å². The van der Waals surface area contributed by atoms with Crippen LogP contribution in [-0.4, -0.2) is 40.6 Å². The average molecular weight is 333 g/mol. The number of methoxy groups -OCH3 is 2. The van der Waals surface area contributed by atoms with E-state index >= 15 is 0 Å². The number of rotatable bonds is 10. The molecule has 0 spiro atoms. The molecule has 0 amide bonds. The first-order chi connectivity index (χ1) is 9.27. The van der Waals surface area contributed by atoms with Crippen LogP contribution in [0.2, 0.25) is 0 Å². The molecule has 1 aromatic rings. The molecule has 0 N–H and O–H groups in total. The van der Waals surface area contributed by atoms with Gasteiger partial charge in [-0.3, -0.25) is 0 Å². The summed E-state index contributed by atoms with van der Waals surface area (Å²) in [6.45, 7) is 3.21. The average Bonchev–Trinajstić information content (AvgIpc) is 2.43. The van der Waals surface area contributed by atoms with Crippen molar-refractivity contribution in [1.82, 2.24) is 0 Å². The lowest BCUT2D eigenvalue weighted by Crippen LogP contribution is -2.05. The summed E-state index contributed by atoms with van der Waals surface area (Å²) in [5, 5.41) is 0. The number of hydrogen-bond donors (Lipinski definition) is 0. The summed E-state index contributed by atoms with van der Waals surface area (Å²) in [5.74, 6) is 0.838. The minimum Gasteiger partial charge on any atom is -0.497 e. The van der Waals surface area contributed by atoms with Crippen molar-refractivity contribution in [2.75, 3.05) is 40.6 Å². The largest absolute Gasteiger partial charge is 0.497 e. The molecule has 0 saturated heterocycles. The second kappa shape index (κ2) is 10.2. The summed E-state index contributed by atoms with van der Waals surface area (Å²) in [5.41, 5.74) is 1.08. The molecule has 0 heterocycles. The molecule has 1 aromatic carbocycles. The standard InChI is InChI=1S/C14H21BrO4/c1-16-8-9-18-6-3-7-19-11-12-10-13(17-2)4-5-14(12)15/h4-5,10H,3,6-9,11H2,1-2H3. The van der Waals surface area contributed by atoms with Gasteiger partial charge in [-0.15, -0.1) is 0 Å². The Balaban J connectivity index is 2.15. The quantitative estimate of drug-likeness (QED) is 0.617. The minimum atomic E-state index is 0.565. The highest BCUT2D eigenvalue weighted by Crippen LogP contribution is 2.23. The predicted molar refractivity (Wildman–Crippen MR) is 77.7 cm³/mol. The van der Waals surface area contributed by atoms with E-state index in [1.165, 1.54) is 0 Å². The number of halogens is 1. The third-order valence-electron chi connectivity index (χ3n) is 2.52. The van der Waals surface area contributed by atoms with Crippen molar-refractivity contribution >= 4 is 15.9 Å². The van der Waals surface area contributed by atoms with Crippen LogP contribution in [-0.2, 0) is 20.8 Å². The van der Waals surface area contributed by atoms with Crippen LogP contribution in [0.15, 0.2) is 22.7 Å².